The third-order valence-electron chi connectivity index (χ3n) is 4.66. The average molecular weight is 369 g/mol. The maximum Gasteiger partial charge on any atom is 0.261 e. The molecular weight excluding hydrogens is 350 g/mol. The zero-order valence-electron chi connectivity index (χ0n) is 15.7. The van der Waals surface area contributed by atoms with Crippen molar-refractivity contribution in [1.82, 2.24) is 9.97 Å². The lowest BCUT2D eigenvalue weighted by Crippen LogP contribution is -2.25. The van der Waals surface area contributed by atoms with Gasteiger partial charge < -0.3 is 15.5 Å². The summed E-state index contributed by atoms with van der Waals surface area (Å²) in [5.74, 6) is 7.27. The van der Waals surface area contributed by atoms with Crippen LogP contribution in [0.1, 0.15) is 28.4 Å². The van der Waals surface area contributed by atoms with Gasteiger partial charge in [0.2, 0.25) is 0 Å². The first-order chi connectivity index (χ1) is 13.6. The lowest BCUT2D eigenvalue weighted by atomic mass is 10.1. The number of rotatable bonds is 1. The van der Waals surface area contributed by atoms with Crippen LogP contribution in [0.5, 0.6) is 0 Å². The van der Waals surface area contributed by atoms with Gasteiger partial charge in [-0.3, -0.25) is 4.79 Å². The normalized spacial score (nSPS) is 12.6. The van der Waals surface area contributed by atoms with Crippen molar-refractivity contribution in [2.75, 3.05) is 29.1 Å². The van der Waals surface area contributed by atoms with Gasteiger partial charge in [0.1, 0.15) is 5.82 Å². The van der Waals surface area contributed by atoms with Crippen molar-refractivity contribution in [1.29, 1.82) is 0 Å². The van der Waals surface area contributed by atoms with Crippen LogP contribution in [-0.2, 0) is 0 Å². The van der Waals surface area contributed by atoms with Crippen LogP contribution in [0.2, 0.25) is 0 Å². The molecule has 6 heteroatoms. The van der Waals surface area contributed by atoms with Gasteiger partial charge in [0.15, 0.2) is 5.82 Å². The van der Waals surface area contributed by atoms with Crippen LogP contribution in [0.3, 0.4) is 0 Å². The van der Waals surface area contributed by atoms with Gasteiger partial charge in [0, 0.05) is 42.8 Å². The maximum atomic E-state index is 13.1. The van der Waals surface area contributed by atoms with E-state index in [1.165, 1.54) is 0 Å². The highest BCUT2D eigenvalue weighted by Crippen LogP contribution is 2.37. The smallest absolute Gasteiger partial charge is 0.261 e. The van der Waals surface area contributed by atoms with E-state index in [9.17, 15) is 4.79 Å². The second kappa shape index (κ2) is 7.05. The summed E-state index contributed by atoms with van der Waals surface area (Å²) in [6.07, 6.45) is 3.39. The number of carbonyl (C=O) groups excluding carboxylic acids is 1. The van der Waals surface area contributed by atoms with Crippen molar-refractivity contribution < 1.29 is 4.79 Å². The SMILES string of the molecule is CCN1c2ncc(C#Cc3ccccc3N)cc2C(=O)N(C)c2cccnc21. The molecule has 0 spiro atoms. The molecule has 1 amide bonds. The number of pyridine rings is 2. The standard InChI is InChI=1S/C22H19N5O/c1-3-27-20-17(22(28)26(2)19-9-6-12-24-21(19)27)13-15(14-25-20)10-11-16-7-4-5-8-18(16)23/h4-9,12-14H,3,23H2,1-2H3. The first kappa shape index (κ1) is 17.6. The van der Waals surface area contributed by atoms with Crippen molar-refractivity contribution >= 4 is 28.9 Å². The molecule has 1 aromatic carbocycles. The van der Waals surface area contributed by atoms with Crippen LogP contribution in [0.15, 0.2) is 54.9 Å². The van der Waals surface area contributed by atoms with E-state index in [4.69, 9.17) is 5.73 Å². The van der Waals surface area contributed by atoms with E-state index in [1.807, 2.05) is 42.2 Å². The fraction of sp³-hybridized carbons (Fsp3) is 0.136. The van der Waals surface area contributed by atoms with Crippen molar-refractivity contribution in [3.05, 3.63) is 71.5 Å². The van der Waals surface area contributed by atoms with Crippen molar-refractivity contribution in [3.63, 3.8) is 0 Å². The highest BCUT2D eigenvalue weighted by Gasteiger charge is 2.30. The van der Waals surface area contributed by atoms with E-state index in [-0.39, 0.29) is 5.91 Å². The van der Waals surface area contributed by atoms with Crippen LogP contribution >= 0.6 is 0 Å². The van der Waals surface area contributed by atoms with Crippen LogP contribution in [0.25, 0.3) is 0 Å². The van der Waals surface area contributed by atoms with E-state index in [2.05, 4.69) is 21.8 Å². The minimum atomic E-state index is -0.143. The summed E-state index contributed by atoms with van der Waals surface area (Å²) in [5, 5.41) is 0. The Bertz CT molecular complexity index is 1130. The molecule has 2 N–H and O–H groups in total. The molecule has 6 nitrogen and oxygen atoms in total. The highest BCUT2D eigenvalue weighted by molar-refractivity contribution is 6.12. The summed E-state index contributed by atoms with van der Waals surface area (Å²) in [6, 6.07) is 12.9. The monoisotopic (exact) mass is 369 g/mol. The number of hydrogen-bond acceptors (Lipinski definition) is 5. The summed E-state index contributed by atoms with van der Waals surface area (Å²) in [5.41, 5.74) is 9.20. The number of fused-ring (bicyclic) bond motifs is 2. The van der Waals surface area contributed by atoms with Gasteiger partial charge in [0.25, 0.3) is 5.91 Å². The van der Waals surface area contributed by atoms with Crippen LogP contribution in [0.4, 0.5) is 23.0 Å². The van der Waals surface area contributed by atoms with Crippen molar-refractivity contribution in [2.45, 2.75) is 6.92 Å². The predicted octanol–water partition coefficient (Wildman–Crippen LogP) is 3.21. The molecule has 0 saturated carbocycles. The second-order valence-corrected chi connectivity index (χ2v) is 6.39. The van der Waals surface area contributed by atoms with E-state index < -0.39 is 0 Å². The van der Waals surface area contributed by atoms with Crippen LogP contribution < -0.4 is 15.5 Å². The molecule has 138 valence electrons. The Morgan fingerprint density at radius 2 is 1.89 bits per heavy atom. The number of nitrogens with zero attached hydrogens (tertiary/aromatic N) is 4. The fourth-order valence-electron chi connectivity index (χ4n) is 3.20. The Morgan fingerprint density at radius 3 is 2.68 bits per heavy atom. The van der Waals surface area contributed by atoms with E-state index in [0.29, 0.717) is 35.0 Å². The zero-order chi connectivity index (χ0) is 19.7. The summed E-state index contributed by atoms with van der Waals surface area (Å²) in [4.78, 5) is 25.7. The Balaban J connectivity index is 1.82. The number of hydrogen-bond donors (Lipinski definition) is 1. The molecule has 28 heavy (non-hydrogen) atoms. The lowest BCUT2D eigenvalue weighted by molar-refractivity contribution is 0.0994. The Morgan fingerprint density at radius 1 is 1.07 bits per heavy atom. The van der Waals surface area contributed by atoms with E-state index >= 15 is 0 Å². The number of amides is 1. The Hall–Kier alpha value is -3.85. The number of carbonyl (C=O) groups is 1. The largest absolute Gasteiger partial charge is 0.398 e. The summed E-state index contributed by atoms with van der Waals surface area (Å²) < 4.78 is 0. The van der Waals surface area contributed by atoms with Gasteiger partial charge in [0.05, 0.1) is 11.3 Å². The van der Waals surface area contributed by atoms with Gasteiger partial charge in [-0.15, -0.1) is 0 Å². The van der Waals surface area contributed by atoms with E-state index in [1.54, 1.807) is 36.5 Å². The van der Waals surface area contributed by atoms with Crippen LogP contribution in [0, 0.1) is 11.8 Å². The molecule has 1 aliphatic rings. The number of para-hydroxylation sites is 1. The minimum Gasteiger partial charge on any atom is -0.398 e. The number of anilines is 4. The average Bonchev–Trinajstić information content (AvgIpc) is 2.81. The molecule has 1 aliphatic heterocycles. The van der Waals surface area contributed by atoms with Gasteiger partial charge in [-0.05, 0) is 37.3 Å². The van der Waals surface area contributed by atoms with Crippen LogP contribution in [-0.4, -0.2) is 29.5 Å². The molecule has 0 unspecified atom stereocenters. The second-order valence-electron chi connectivity index (χ2n) is 6.39. The third kappa shape index (κ3) is 2.93. The molecule has 3 heterocycles. The molecular formula is C22H19N5O. The minimum absolute atomic E-state index is 0.143. The summed E-state index contributed by atoms with van der Waals surface area (Å²) in [7, 11) is 1.74. The number of benzene rings is 1. The van der Waals surface area contributed by atoms with Gasteiger partial charge in [-0.25, -0.2) is 9.97 Å². The molecule has 0 aliphatic carbocycles. The molecule has 0 bridgehead atoms. The maximum absolute atomic E-state index is 13.1. The highest BCUT2D eigenvalue weighted by atomic mass is 16.2. The van der Waals surface area contributed by atoms with Gasteiger partial charge in [-0.2, -0.15) is 0 Å². The quantitative estimate of drug-likeness (QED) is 0.527. The number of nitrogens with two attached hydrogens (primary N) is 1. The molecule has 2 aromatic heterocycles. The lowest BCUT2D eigenvalue weighted by Gasteiger charge is -2.22. The molecule has 4 rings (SSSR count). The third-order valence-corrected chi connectivity index (χ3v) is 4.66. The zero-order valence-corrected chi connectivity index (χ0v) is 15.7. The van der Waals surface area contributed by atoms with Gasteiger partial charge >= 0.3 is 0 Å². The predicted molar refractivity (Wildman–Crippen MR) is 111 cm³/mol. The molecule has 3 aromatic rings. The Kier molecular flexibility index (Phi) is 4.42. The number of nitrogen functional groups attached to an aromatic ring is 1. The van der Waals surface area contributed by atoms with Gasteiger partial charge in [-0.1, -0.05) is 24.0 Å². The van der Waals surface area contributed by atoms with E-state index in [0.717, 1.165) is 11.3 Å². The summed E-state index contributed by atoms with van der Waals surface area (Å²) in [6.45, 7) is 2.64. The molecule has 0 fully saturated rings. The first-order valence-electron chi connectivity index (χ1n) is 8.97. The molecule has 0 radical (unpaired) electrons. The Labute approximate surface area is 163 Å². The van der Waals surface area contributed by atoms with Crippen molar-refractivity contribution in [3.8, 4) is 11.8 Å². The molecule has 0 atom stereocenters. The first-order valence-corrected chi connectivity index (χ1v) is 8.97. The van der Waals surface area contributed by atoms with Crippen molar-refractivity contribution in [2.24, 2.45) is 0 Å². The number of aromatic nitrogens is 2. The topological polar surface area (TPSA) is 75.4 Å². The summed E-state index contributed by atoms with van der Waals surface area (Å²) >= 11 is 0. The molecule has 0 saturated heterocycles. The fourth-order valence-corrected chi connectivity index (χ4v) is 3.20.